The van der Waals surface area contributed by atoms with E-state index in [4.69, 9.17) is 9.72 Å². The van der Waals surface area contributed by atoms with E-state index < -0.39 is 17.5 Å². The quantitative estimate of drug-likeness (QED) is 0.348. The van der Waals surface area contributed by atoms with Crippen molar-refractivity contribution in [3.8, 4) is 11.1 Å². The molecule has 0 bridgehead atoms. The van der Waals surface area contributed by atoms with Crippen LogP contribution in [0.5, 0.6) is 0 Å². The lowest BCUT2D eigenvalue weighted by molar-refractivity contribution is 0.0127. The molecule has 0 aliphatic carbocycles. The Morgan fingerprint density at radius 3 is 2.49 bits per heavy atom. The summed E-state index contributed by atoms with van der Waals surface area (Å²) in [6.07, 6.45) is 2.88. The van der Waals surface area contributed by atoms with Crippen LogP contribution in [0.25, 0.3) is 11.1 Å². The van der Waals surface area contributed by atoms with Gasteiger partial charge in [0.05, 0.1) is 13.2 Å². The number of aliphatic hydroxyl groups is 2. The molecule has 1 aromatic carbocycles. The van der Waals surface area contributed by atoms with Crippen molar-refractivity contribution in [2.24, 2.45) is 0 Å². The fourth-order valence-corrected chi connectivity index (χ4v) is 4.67. The van der Waals surface area contributed by atoms with Gasteiger partial charge in [0.2, 0.25) is 0 Å². The third-order valence-corrected chi connectivity index (χ3v) is 6.81. The highest BCUT2D eigenvalue weighted by Crippen LogP contribution is 2.34. The number of nitrogens with one attached hydrogen (secondary N) is 1. The van der Waals surface area contributed by atoms with E-state index in [-0.39, 0.29) is 24.7 Å². The third-order valence-electron chi connectivity index (χ3n) is 6.81. The van der Waals surface area contributed by atoms with Gasteiger partial charge in [-0.05, 0) is 72.9 Å². The van der Waals surface area contributed by atoms with Gasteiger partial charge in [-0.1, -0.05) is 6.07 Å². The number of anilines is 2. The SMILES string of the molecule is Cc1ccc(NC(=O)c2ccnc(C(C)(F)F)c2)cc1-c1cc(C2CCOCC2)nc(N(CCO)CCO)c1. The molecule has 4 rings (SSSR count). The molecule has 10 heteroatoms. The van der Waals surface area contributed by atoms with Crippen LogP contribution in [0.4, 0.5) is 20.3 Å². The monoisotopic (exact) mass is 540 g/mol. The lowest BCUT2D eigenvalue weighted by Gasteiger charge is -2.27. The van der Waals surface area contributed by atoms with Crippen molar-refractivity contribution in [2.75, 3.05) is 49.7 Å². The fraction of sp³-hybridized carbons (Fsp3) is 0.414. The van der Waals surface area contributed by atoms with Crippen molar-refractivity contribution >= 4 is 17.4 Å². The van der Waals surface area contributed by atoms with Crippen LogP contribution >= 0.6 is 0 Å². The highest BCUT2D eigenvalue weighted by Gasteiger charge is 2.27. The summed E-state index contributed by atoms with van der Waals surface area (Å²) in [5.41, 5.74) is 3.75. The maximum absolute atomic E-state index is 13.7. The van der Waals surface area contributed by atoms with Gasteiger partial charge in [0, 0.05) is 62.3 Å². The topological polar surface area (TPSA) is 108 Å². The Morgan fingerprint density at radius 2 is 1.82 bits per heavy atom. The van der Waals surface area contributed by atoms with Crippen LogP contribution in [-0.2, 0) is 10.7 Å². The van der Waals surface area contributed by atoms with E-state index in [2.05, 4.69) is 10.3 Å². The second kappa shape index (κ2) is 12.6. The number of hydrogen-bond acceptors (Lipinski definition) is 7. The van der Waals surface area contributed by atoms with Gasteiger partial charge in [-0.25, -0.2) is 4.98 Å². The molecule has 1 fully saturated rings. The summed E-state index contributed by atoms with van der Waals surface area (Å²) in [4.78, 5) is 23.3. The standard InChI is InChI=1S/C29H34F2N4O4/c1-19-3-4-23(33-28(38)21-5-8-32-26(16-21)29(2,30)31)18-24(19)22-15-25(20-6-13-39-14-7-20)34-27(17-22)35(9-11-36)10-12-37/h3-5,8,15-18,20,36-37H,6-7,9-14H2,1-2H3,(H,33,38). The first-order valence-electron chi connectivity index (χ1n) is 13.0. The number of halogens is 2. The number of alkyl halides is 2. The molecule has 1 aliphatic heterocycles. The zero-order chi connectivity index (χ0) is 28.0. The lowest BCUT2D eigenvalue weighted by atomic mass is 9.92. The number of benzene rings is 1. The van der Waals surface area contributed by atoms with E-state index in [1.54, 1.807) is 6.07 Å². The molecular weight excluding hydrogens is 506 g/mol. The second-order valence-corrected chi connectivity index (χ2v) is 9.76. The largest absolute Gasteiger partial charge is 0.395 e. The third kappa shape index (κ3) is 7.14. The number of rotatable bonds is 10. The van der Waals surface area contributed by atoms with Gasteiger partial charge >= 0.3 is 0 Å². The molecule has 0 atom stereocenters. The van der Waals surface area contributed by atoms with Crippen LogP contribution in [0.1, 0.15) is 53.0 Å². The van der Waals surface area contributed by atoms with E-state index in [1.165, 1.54) is 12.3 Å². The Labute approximate surface area is 226 Å². The van der Waals surface area contributed by atoms with Crippen molar-refractivity contribution in [2.45, 2.75) is 38.5 Å². The maximum atomic E-state index is 13.7. The Bertz CT molecular complexity index is 1290. The first kappa shape index (κ1) is 28.5. The van der Waals surface area contributed by atoms with E-state index in [9.17, 15) is 23.8 Å². The molecule has 0 unspecified atom stereocenters. The minimum absolute atomic E-state index is 0.0836. The van der Waals surface area contributed by atoms with Crippen LogP contribution in [0.3, 0.4) is 0 Å². The first-order valence-corrected chi connectivity index (χ1v) is 13.0. The molecule has 0 radical (unpaired) electrons. The number of carbonyl (C=O) groups excluding carboxylic acids is 1. The van der Waals surface area contributed by atoms with Gasteiger partial charge in [-0.15, -0.1) is 0 Å². The van der Waals surface area contributed by atoms with Gasteiger partial charge in [-0.3, -0.25) is 9.78 Å². The predicted molar refractivity (Wildman–Crippen MR) is 145 cm³/mol. The van der Waals surface area contributed by atoms with Crippen molar-refractivity contribution in [1.29, 1.82) is 0 Å². The molecule has 3 aromatic rings. The van der Waals surface area contributed by atoms with E-state index in [1.807, 2.05) is 36.1 Å². The Balaban J connectivity index is 1.69. The van der Waals surface area contributed by atoms with E-state index in [0.29, 0.717) is 37.8 Å². The molecule has 3 heterocycles. The molecule has 0 spiro atoms. The Hall–Kier alpha value is -3.47. The van der Waals surface area contributed by atoms with Crippen LogP contribution in [0, 0.1) is 6.92 Å². The number of aromatic nitrogens is 2. The van der Waals surface area contributed by atoms with Crippen LogP contribution in [-0.4, -0.2) is 65.6 Å². The van der Waals surface area contributed by atoms with Crippen molar-refractivity contribution in [3.63, 3.8) is 0 Å². The minimum atomic E-state index is -3.16. The molecule has 39 heavy (non-hydrogen) atoms. The zero-order valence-electron chi connectivity index (χ0n) is 22.2. The summed E-state index contributed by atoms with van der Waals surface area (Å²) in [5, 5.41) is 22.0. The van der Waals surface area contributed by atoms with Crippen LogP contribution < -0.4 is 10.2 Å². The summed E-state index contributed by atoms with van der Waals surface area (Å²) in [6, 6.07) is 11.9. The number of aliphatic hydroxyl groups excluding tert-OH is 2. The van der Waals surface area contributed by atoms with Crippen molar-refractivity contribution in [1.82, 2.24) is 9.97 Å². The Morgan fingerprint density at radius 1 is 1.10 bits per heavy atom. The normalized spacial score (nSPS) is 14.3. The number of ether oxygens (including phenoxy) is 1. The van der Waals surface area contributed by atoms with Gasteiger partial charge in [-0.2, -0.15) is 8.78 Å². The average molecular weight is 541 g/mol. The summed E-state index contributed by atoms with van der Waals surface area (Å²) >= 11 is 0. The van der Waals surface area contributed by atoms with E-state index in [0.717, 1.165) is 48.2 Å². The van der Waals surface area contributed by atoms with Crippen molar-refractivity contribution < 1.29 is 28.5 Å². The number of carbonyl (C=O) groups is 1. The first-order chi connectivity index (χ1) is 18.7. The molecule has 1 saturated heterocycles. The molecule has 0 saturated carbocycles. The highest BCUT2D eigenvalue weighted by molar-refractivity contribution is 6.04. The average Bonchev–Trinajstić information content (AvgIpc) is 2.94. The summed E-state index contributed by atoms with van der Waals surface area (Å²) in [6.45, 7) is 4.50. The highest BCUT2D eigenvalue weighted by atomic mass is 19.3. The van der Waals surface area contributed by atoms with Crippen molar-refractivity contribution in [3.05, 3.63) is 71.2 Å². The smallest absolute Gasteiger partial charge is 0.286 e. The van der Waals surface area contributed by atoms with Crippen LogP contribution in [0.15, 0.2) is 48.7 Å². The zero-order valence-corrected chi connectivity index (χ0v) is 22.2. The number of nitrogens with zero attached hydrogens (tertiary/aromatic N) is 3. The summed E-state index contributed by atoms with van der Waals surface area (Å²) in [7, 11) is 0. The molecule has 3 N–H and O–H groups in total. The van der Waals surface area contributed by atoms with Gasteiger partial charge in [0.15, 0.2) is 0 Å². The van der Waals surface area contributed by atoms with Crippen LogP contribution in [0.2, 0.25) is 0 Å². The molecule has 208 valence electrons. The molecular formula is C29H34F2N4O4. The number of aryl methyl sites for hydroxylation is 1. The van der Waals surface area contributed by atoms with Gasteiger partial charge in [0.25, 0.3) is 11.8 Å². The predicted octanol–water partition coefficient (Wildman–Crippen LogP) is 4.50. The molecule has 8 nitrogen and oxygen atoms in total. The Kier molecular flexibility index (Phi) is 9.21. The van der Waals surface area contributed by atoms with E-state index >= 15 is 0 Å². The fourth-order valence-electron chi connectivity index (χ4n) is 4.67. The minimum Gasteiger partial charge on any atom is -0.395 e. The van der Waals surface area contributed by atoms with Gasteiger partial charge in [0.1, 0.15) is 11.5 Å². The second-order valence-electron chi connectivity index (χ2n) is 9.76. The molecule has 1 amide bonds. The summed E-state index contributed by atoms with van der Waals surface area (Å²) in [5.74, 6) is -2.82. The lowest BCUT2D eigenvalue weighted by Crippen LogP contribution is -2.31. The maximum Gasteiger partial charge on any atom is 0.286 e. The molecule has 1 aliphatic rings. The number of pyridine rings is 2. The summed E-state index contributed by atoms with van der Waals surface area (Å²) < 4.78 is 33.0. The number of hydrogen-bond donors (Lipinski definition) is 3. The molecule has 2 aromatic heterocycles. The van der Waals surface area contributed by atoms with Gasteiger partial charge < -0.3 is 25.2 Å². The number of amides is 1.